The zero-order valence-electron chi connectivity index (χ0n) is 21.1. The summed E-state index contributed by atoms with van der Waals surface area (Å²) >= 11 is 1.46. The topological polar surface area (TPSA) is 83.7 Å². The second-order valence-corrected chi connectivity index (χ2v) is 12.4. The Morgan fingerprint density at radius 2 is 1.81 bits per heavy atom. The molecule has 0 radical (unpaired) electrons. The number of para-hydroxylation sites is 1. The van der Waals surface area contributed by atoms with Gasteiger partial charge < -0.3 is 4.42 Å². The van der Waals surface area contributed by atoms with Crippen molar-refractivity contribution in [3.63, 3.8) is 0 Å². The van der Waals surface area contributed by atoms with Crippen LogP contribution in [0.1, 0.15) is 60.7 Å². The molecule has 194 valence electrons. The number of sulfonamides is 1. The first-order chi connectivity index (χ1) is 17.9. The fourth-order valence-electron chi connectivity index (χ4n) is 4.91. The largest absolute Gasteiger partial charge is 0.467 e. The number of hydrogen-bond acceptors (Lipinski definition) is 6. The van der Waals surface area contributed by atoms with Crippen LogP contribution >= 0.6 is 11.3 Å². The molecular formula is C28H31N3O4S2. The standard InChI is InChI=1S/C28H31N3O4S2/c1-3-20-9-7-13-25-26(20)29-28(36-25)31(19-23-12-8-18-35-23)27(32)21-14-16-24(17-15-21)37(33,34)30(2)22-10-5-4-6-11-22/h7-9,12-18,22H,3-6,10-11,19H2,1-2H3. The van der Waals surface area contributed by atoms with E-state index in [1.165, 1.54) is 27.8 Å². The Hall–Kier alpha value is -3.01. The van der Waals surface area contributed by atoms with E-state index in [0.29, 0.717) is 16.5 Å². The number of hydrogen-bond donors (Lipinski definition) is 0. The van der Waals surface area contributed by atoms with Gasteiger partial charge in [0.1, 0.15) is 5.76 Å². The molecule has 4 aromatic rings. The monoisotopic (exact) mass is 537 g/mol. The van der Waals surface area contributed by atoms with Crippen LogP contribution in [0.15, 0.2) is 70.2 Å². The first kappa shape index (κ1) is 25.6. The summed E-state index contributed by atoms with van der Waals surface area (Å²) in [6.07, 6.45) is 7.45. The van der Waals surface area contributed by atoms with E-state index in [1.54, 1.807) is 36.4 Å². The number of nitrogens with zero attached hydrogens (tertiary/aromatic N) is 3. The second-order valence-electron chi connectivity index (χ2n) is 9.42. The molecule has 0 unspecified atom stereocenters. The third-order valence-corrected chi connectivity index (χ3v) is 10.1. The minimum Gasteiger partial charge on any atom is -0.467 e. The maximum Gasteiger partial charge on any atom is 0.260 e. The third kappa shape index (κ3) is 5.21. The number of fused-ring (bicyclic) bond motifs is 1. The second kappa shape index (κ2) is 10.8. The molecular weight excluding hydrogens is 506 g/mol. The van der Waals surface area contributed by atoms with Crippen molar-refractivity contribution in [2.24, 2.45) is 0 Å². The molecule has 7 nitrogen and oxygen atoms in total. The van der Waals surface area contributed by atoms with Crippen molar-refractivity contribution in [3.8, 4) is 0 Å². The minimum atomic E-state index is -3.64. The first-order valence-corrected chi connectivity index (χ1v) is 14.9. The Kier molecular flexibility index (Phi) is 7.46. The Bertz CT molecular complexity index is 1470. The lowest BCUT2D eigenvalue weighted by molar-refractivity contribution is 0.0983. The fraction of sp³-hybridized carbons (Fsp3) is 0.357. The van der Waals surface area contributed by atoms with Crippen LogP contribution in [0, 0.1) is 0 Å². The van der Waals surface area contributed by atoms with E-state index < -0.39 is 10.0 Å². The van der Waals surface area contributed by atoms with Crippen molar-refractivity contribution in [3.05, 3.63) is 77.7 Å². The lowest BCUT2D eigenvalue weighted by Crippen LogP contribution is -2.38. The summed E-state index contributed by atoms with van der Waals surface area (Å²) in [5.41, 5.74) is 2.41. The van der Waals surface area contributed by atoms with Crippen molar-refractivity contribution in [2.45, 2.75) is 62.9 Å². The molecule has 0 bridgehead atoms. The van der Waals surface area contributed by atoms with Crippen LogP contribution in [0.4, 0.5) is 5.13 Å². The van der Waals surface area contributed by atoms with Crippen LogP contribution in [0.25, 0.3) is 10.2 Å². The number of rotatable bonds is 8. The molecule has 1 aliphatic rings. The Balaban J connectivity index is 1.44. The lowest BCUT2D eigenvalue weighted by Gasteiger charge is -2.30. The smallest absolute Gasteiger partial charge is 0.260 e. The lowest BCUT2D eigenvalue weighted by atomic mass is 9.96. The number of aromatic nitrogens is 1. The predicted molar refractivity (Wildman–Crippen MR) is 146 cm³/mol. The number of carbonyl (C=O) groups excluding carboxylic acids is 1. The maximum atomic E-state index is 13.7. The molecule has 9 heteroatoms. The van der Waals surface area contributed by atoms with Gasteiger partial charge in [0.2, 0.25) is 10.0 Å². The van der Waals surface area contributed by atoms with Gasteiger partial charge in [-0.2, -0.15) is 4.31 Å². The molecule has 0 atom stereocenters. The highest BCUT2D eigenvalue weighted by molar-refractivity contribution is 7.89. The van der Waals surface area contributed by atoms with Crippen molar-refractivity contribution in [2.75, 3.05) is 11.9 Å². The fourth-order valence-corrected chi connectivity index (χ4v) is 7.34. The predicted octanol–water partition coefficient (Wildman–Crippen LogP) is 6.25. The highest BCUT2D eigenvalue weighted by Gasteiger charge is 2.30. The van der Waals surface area contributed by atoms with Gasteiger partial charge in [0.25, 0.3) is 5.91 Å². The van der Waals surface area contributed by atoms with Crippen LogP contribution in [0.2, 0.25) is 0 Å². The molecule has 1 amide bonds. The average molecular weight is 538 g/mol. The molecule has 1 fully saturated rings. The maximum absolute atomic E-state index is 13.7. The zero-order chi connectivity index (χ0) is 26.0. The van der Waals surface area contributed by atoms with Gasteiger partial charge in [0, 0.05) is 18.7 Å². The van der Waals surface area contributed by atoms with Gasteiger partial charge in [-0.05, 0) is 67.3 Å². The molecule has 0 spiro atoms. The normalized spacial score (nSPS) is 14.9. The van der Waals surface area contributed by atoms with Crippen LogP contribution in [-0.4, -0.2) is 36.7 Å². The molecule has 0 saturated heterocycles. The molecule has 0 N–H and O–H groups in total. The molecule has 2 aromatic heterocycles. The SMILES string of the molecule is CCc1cccc2sc(N(Cc3ccco3)C(=O)c3ccc(S(=O)(=O)N(C)C4CCCCC4)cc3)nc12. The van der Waals surface area contributed by atoms with E-state index in [9.17, 15) is 13.2 Å². The van der Waals surface area contributed by atoms with Gasteiger partial charge in [0.05, 0.1) is 27.9 Å². The summed E-state index contributed by atoms with van der Waals surface area (Å²) in [5.74, 6) is 0.370. The van der Waals surface area contributed by atoms with Crippen LogP contribution < -0.4 is 4.90 Å². The van der Waals surface area contributed by atoms with Gasteiger partial charge in [-0.25, -0.2) is 13.4 Å². The first-order valence-electron chi connectivity index (χ1n) is 12.7. The average Bonchev–Trinajstić information content (AvgIpc) is 3.61. The number of furan rings is 1. The van der Waals surface area contributed by atoms with E-state index >= 15 is 0 Å². The number of aryl methyl sites for hydroxylation is 1. The summed E-state index contributed by atoms with van der Waals surface area (Å²) in [7, 11) is -1.98. The highest BCUT2D eigenvalue weighted by atomic mass is 32.2. The molecule has 2 aromatic carbocycles. The molecule has 5 rings (SSSR count). The number of amides is 1. The Labute approximate surface area is 221 Å². The summed E-state index contributed by atoms with van der Waals surface area (Å²) in [6, 6.07) is 15.9. The number of carbonyl (C=O) groups is 1. The van der Waals surface area contributed by atoms with Crippen molar-refractivity contribution in [1.82, 2.24) is 9.29 Å². The van der Waals surface area contributed by atoms with E-state index in [2.05, 4.69) is 6.92 Å². The van der Waals surface area contributed by atoms with E-state index in [-0.39, 0.29) is 23.4 Å². The molecule has 1 aliphatic carbocycles. The molecule has 0 aliphatic heterocycles. The Morgan fingerprint density at radius 1 is 1.05 bits per heavy atom. The van der Waals surface area contributed by atoms with Gasteiger partial charge in [-0.1, -0.05) is 49.7 Å². The quantitative estimate of drug-likeness (QED) is 0.265. The van der Waals surface area contributed by atoms with Crippen molar-refractivity contribution in [1.29, 1.82) is 0 Å². The third-order valence-electron chi connectivity index (χ3n) is 7.11. The summed E-state index contributed by atoms with van der Waals surface area (Å²) in [4.78, 5) is 20.4. The van der Waals surface area contributed by atoms with Gasteiger partial charge >= 0.3 is 0 Å². The number of thiazole rings is 1. The number of anilines is 1. The molecule has 37 heavy (non-hydrogen) atoms. The number of benzene rings is 2. The van der Waals surface area contributed by atoms with E-state index in [4.69, 9.17) is 9.40 Å². The zero-order valence-corrected chi connectivity index (χ0v) is 22.7. The van der Waals surface area contributed by atoms with Crippen LogP contribution in [0.5, 0.6) is 0 Å². The van der Waals surface area contributed by atoms with Crippen molar-refractivity contribution >= 4 is 42.6 Å². The van der Waals surface area contributed by atoms with Gasteiger partial charge in [-0.3, -0.25) is 9.69 Å². The highest BCUT2D eigenvalue weighted by Crippen LogP contribution is 2.33. The molecule has 1 saturated carbocycles. The summed E-state index contributed by atoms with van der Waals surface area (Å²) in [6.45, 7) is 2.30. The van der Waals surface area contributed by atoms with Crippen LogP contribution in [-0.2, 0) is 23.0 Å². The Morgan fingerprint density at radius 3 is 2.49 bits per heavy atom. The summed E-state index contributed by atoms with van der Waals surface area (Å²) in [5, 5.41) is 0.575. The molecule has 2 heterocycles. The van der Waals surface area contributed by atoms with E-state index in [0.717, 1.165) is 54.3 Å². The summed E-state index contributed by atoms with van der Waals surface area (Å²) < 4.78 is 34.5. The van der Waals surface area contributed by atoms with Crippen LogP contribution in [0.3, 0.4) is 0 Å². The van der Waals surface area contributed by atoms with Crippen molar-refractivity contribution < 1.29 is 17.6 Å². The van der Waals surface area contributed by atoms with E-state index in [1.807, 2.05) is 24.3 Å². The minimum absolute atomic E-state index is 0.0240. The van der Waals surface area contributed by atoms with Gasteiger partial charge in [0.15, 0.2) is 5.13 Å². The van der Waals surface area contributed by atoms with Gasteiger partial charge in [-0.15, -0.1) is 0 Å².